The highest BCUT2D eigenvalue weighted by atomic mass is 32.1. The maximum absolute atomic E-state index is 9.77. The zero-order chi connectivity index (χ0) is 11.4. The zero-order valence-corrected chi connectivity index (χ0v) is 9.74. The predicted octanol–water partition coefficient (Wildman–Crippen LogP) is 2.81. The first-order chi connectivity index (χ1) is 7.81. The molecule has 1 unspecified atom stereocenters. The maximum atomic E-state index is 9.77. The number of hydrogen-bond donors (Lipinski definition) is 2. The summed E-state index contributed by atoms with van der Waals surface area (Å²) in [5.41, 5.74) is 2.57. The molecule has 1 atom stereocenters. The second-order valence-corrected chi connectivity index (χ2v) is 4.24. The Morgan fingerprint density at radius 2 is 2.25 bits per heavy atom. The Balaban J connectivity index is 2.20. The van der Waals surface area contributed by atoms with Crippen LogP contribution in [0.2, 0.25) is 0 Å². The van der Waals surface area contributed by atoms with Gasteiger partial charge < -0.3 is 10.4 Å². The Hall–Kier alpha value is -1.62. The van der Waals surface area contributed by atoms with Crippen molar-refractivity contribution >= 4 is 16.5 Å². The van der Waals surface area contributed by atoms with Gasteiger partial charge in [-0.15, -0.1) is 10.2 Å². The lowest BCUT2D eigenvalue weighted by Crippen LogP contribution is -2.09. The molecule has 0 bridgehead atoms. The molecule has 2 aromatic rings. The number of hydrogen-bond acceptors (Lipinski definition) is 5. The molecule has 0 aliphatic heterocycles. The molecule has 16 heavy (non-hydrogen) atoms. The Morgan fingerprint density at radius 1 is 1.44 bits per heavy atom. The van der Waals surface area contributed by atoms with Crippen LogP contribution in [0.4, 0.5) is 5.13 Å². The van der Waals surface area contributed by atoms with Crippen molar-refractivity contribution in [1.82, 2.24) is 10.2 Å². The number of phenols is 1. The molecular weight excluding hydrogens is 222 g/mol. The average Bonchev–Trinajstić information content (AvgIpc) is 2.80. The third-order valence-electron chi connectivity index (χ3n) is 2.38. The van der Waals surface area contributed by atoms with Crippen LogP contribution < -0.4 is 5.32 Å². The lowest BCUT2D eigenvalue weighted by Gasteiger charge is -2.17. The van der Waals surface area contributed by atoms with Crippen molar-refractivity contribution in [1.29, 1.82) is 0 Å². The fourth-order valence-electron chi connectivity index (χ4n) is 1.57. The number of anilines is 1. The van der Waals surface area contributed by atoms with E-state index in [4.69, 9.17) is 0 Å². The highest BCUT2D eigenvalue weighted by molar-refractivity contribution is 7.13. The van der Waals surface area contributed by atoms with Crippen molar-refractivity contribution < 1.29 is 5.11 Å². The number of phenolic OH excluding ortho intramolecular Hbond substituents is 1. The van der Waals surface area contributed by atoms with Gasteiger partial charge in [-0.05, 0) is 12.5 Å². The molecule has 0 radical (unpaired) electrons. The normalized spacial score (nSPS) is 12.3. The first kappa shape index (κ1) is 10.9. The summed E-state index contributed by atoms with van der Waals surface area (Å²) in [7, 11) is 0. The van der Waals surface area contributed by atoms with E-state index in [-0.39, 0.29) is 6.04 Å². The van der Waals surface area contributed by atoms with E-state index >= 15 is 0 Å². The SMILES string of the molecule is CCC(Nc1nncs1)c1ccccc1O. The molecular formula is C11H13N3OS. The van der Waals surface area contributed by atoms with E-state index in [0.29, 0.717) is 5.75 Å². The third-order valence-corrected chi connectivity index (χ3v) is 3.00. The summed E-state index contributed by atoms with van der Waals surface area (Å²) in [6.45, 7) is 2.06. The number of para-hydroxylation sites is 1. The van der Waals surface area contributed by atoms with Crippen LogP contribution in [0.25, 0.3) is 0 Å². The van der Waals surface area contributed by atoms with Gasteiger partial charge in [0.2, 0.25) is 5.13 Å². The van der Waals surface area contributed by atoms with Gasteiger partial charge in [-0.1, -0.05) is 36.5 Å². The highest BCUT2D eigenvalue weighted by Gasteiger charge is 2.13. The summed E-state index contributed by atoms with van der Waals surface area (Å²) in [5, 5.41) is 21.5. The Bertz CT molecular complexity index is 444. The number of benzene rings is 1. The van der Waals surface area contributed by atoms with Gasteiger partial charge in [-0.2, -0.15) is 0 Å². The van der Waals surface area contributed by atoms with E-state index in [1.807, 2.05) is 18.2 Å². The maximum Gasteiger partial charge on any atom is 0.205 e. The molecule has 0 spiro atoms. The lowest BCUT2D eigenvalue weighted by molar-refractivity contribution is 0.462. The number of aromatic nitrogens is 2. The average molecular weight is 235 g/mol. The third kappa shape index (κ3) is 2.30. The summed E-state index contributed by atoms with van der Waals surface area (Å²) in [5.74, 6) is 0.311. The van der Waals surface area contributed by atoms with Crippen molar-refractivity contribution in [3.8, 4) is 5.75 Å². The second kappa shape index (κ2) is 4.94. The molecule has 1 aromatic carbocycles. The Labute approximate surface area is 98.0 Å². The van der Waals surface area contributed by atoms with Crippen LogP contribution in [-0.4, -0.2) is 15.3 Å². The van der Waals surface area contributed by atoms with E-state index in [9.17, 15) is 5.11 Å². The number of rotatable bonds is 4. The minimum atomic E-state index is 0.0640. The molecule has 84 valence electrons. The molecule has 1 heterocycles. The number of nitrogens with one attached hydrogen (secondary N) is 1. The smallest absolute Gasteiger partial charge is 0.205 e. The standard InChI is InChI=1S/C11H13N3OS/c1-2-9(13-11-14-12-7-16-11)8-5-3-4-6-10(8)15/h3-7,9,15H,2H2,1H3,(H,13,14). The summed E-state index contributed by atoms with van der Waals surface area (Å²) >= 11 is 1.45. The molecule has 2 N–H and O–H groups in total. The fraction of sp³-hybridized carbons (Fsp3) is 0.273. The molecule has 2 rings (SSSR count). The molecule has 4 nitrogen and oxygen atoms in total. The Morgan fingerprint density at radius 3 is 2.88 bits per heavy atom. The second-order valence-electron chi connectivity index (χ2n) is 3.41. The van der Waals surface area contributed by atoms with Crippen LogP contribution in [-0.2, 0) is 0 Å². The van der Waals surface area contributed by atoms with Gasteiger partial charge in [-0.25, -0.2) is 0 Å². The summed E-state index contributed by atoms with van der Waals surface area (Å²) in [6, 6.07) is 7.40. The van der Waals surface area contributed by atoms with E-state index in [0.717, 1.165) is 17.1 Å². The van der Waals surface area contributed by atoms with Gasteiger partial charge in [0.25, 0.3) is 0 Å². The topological polar surface area (TPSA) is 58.0 Å². The van der Waals surface area contributed by atoms with Crippen LogP contribution in [0.1, 0.15) is 24.9 Å². The van der Waals surface area contributed by atoms with Gasteiger partial charge in [0.05, 0.1) is 6.04 Å². The molecule has 5 heteroatoms. The quantitative estimate of drug-likeness (QED) is 0.855. The van der Waals surface area contributed by atoms with Gasteiger partial charge in [0.15, 0.2) is 0 Å². The van der Waals surface area contributed by atoms with Gasteiger partial charge >= 0.3 is 0 Å². The van der Waals surface area contributed by atoms with Crippen molar-refractivity contribution in [2.45, 2.75) is 19.4 Å². The molecule has 0 saturated carbocycles. The highest BCUT2D eigenvalue weighted by Crippen LogP contribution is 2.29. The minimum Gasteiger partial charge on any atom is -0.508 e. The predicted molar refractivity (Wildman–Crippen MR) is 64.7 cm³/mol. The molecule has 0 aliphatic carbocycles. The van der Waals surface area contributed by atoms with Crippen molar-refractivity contribution in [3.05, 3.63) is 35.3 Å². The minimum absolute atomic E-state index is 0.0640. The summed E-state index contributed by atoms with van der Waals surface area (Å²) < 4.78 is 0. The summed E-state index contributed by atoms with van der Waals surface area (Å²) in [6.07, 6.45) is 0.872. The first-order valence-corrected chi connectivity index (χ1v) is 5.99. The molecule has 0 amide bonds. The van der Waals surface area contributed by atoms with Crippen LogP contribution in [0.3, 0.4) is 0 Å². The van der Waals surface area contributed by atoms with Crippen LogP contribution >= 0.6 is 11.3 Å². The molecule has 0 aliphatic rings. The van der Waals surface area contributed by atoms with E-state index in [1.165, 1.54) is 11.3 Å². The van der Waals surface area contributed by atoms with Gasteiger partial charge in [0, 0.05) is 5.56 Å². The molecule has 0 saturated heterocycles. The monoisotopic (exact) mass is 235 g/mol. The number of aromatic hydroxyl groups is 1. The molecule has 0 fully saturated rings. The summed E-state index contributed by atoms with van der Waals surface area (Å²) in [4.78, 5) is 0. The van der Waals surface area contributed by atoms with Crippen LogP contribution in [0.15, 0.2) is 29.8 Å². The first-order valence-electron chi connectivity index (χ1n) is 5.12. The van der Waals surface area contributed by atoms with E-state index in [2.05, 4.69) is 22.4 Å². The van der Waals surface area contributed by atoms with Gasteiger partial charge in [0.1, 0.15) is 11.3 Å². The zero-order valence-electron chi connectivity index (χ0n) is 8.92. The largest absolute Gasteiger partial charge is 0.508 e. The van der Waals surface area contributed by atoms with Crippen LogP contribution in [0, 0.1) is 0 Å². The van der Waals surface area contributed by atoms with Crippen molar-refractivity contribution in [2.24, 2.45) is 0 Å². The number of nitrogens with zero attached hydrogens (tertiary/aromatic N) is 2. The lowest BCUT2D eigenvalue weighted by atomic mass is 10.0. The fourth-order valence-corrected chi connectivity index (χ4v) is 2.07. The van der Waals surface area contributed by atoms with Gasteiger partial charge in [-0.3, -0.25) is 0 Å². The molecule has 1 aromatic heterocycles. The van der Waals surface area contributed by atoms with Crippen LogP contribution in [0.5, 0.6) is 5.75 Å². The van der Waals surface area contributed by atoms with E-state index < -0.39 is 0 Å². The van der Waals surface area contributed by atoms with Crippen molar-refractivity contribution in [3.63, 3.8) is 0 Å². The van der Waals surface area contributed by atoms with Crippen molar-refractivity contribution in [2.75, 3.05) is 5.32 Å². The van der Waals surface area contributed by atoms with E-state index in [1.54, 1.807) is 11.6 Å². The Kier molecular flexibility index (Phi) is 3.36.